The van der Waals surface area contributed by atoms with Gasteiger partial charge in [0.15, 0.2) is 6.61 Å². The molecule has 0 N–H and O–H groups in total. The summed E-state index contributed by atoms with van der Waals surface area (Å²) in [5.41, 5.74) is 4.09. The lowest BCUT2D eigenvalue weighted by atomic mass is 9.95. The summed E-state index contributed by atoms with van der Waals surface area (Å²) in [7, 11) is 0. The topological polar surface area (TPSA) is 68.2 Å². The molecule has 6 heteroatoms. The lowest BCUT2D eigenvalue weighted by Gasteiger charge is -2.26. The third-order valence-electron chi connectivity index (χ3n) is 6.25. The zero-order chi connectivity index (χ0) is 24.3. The Hall–Kier alpha value is -2.89. The van der Waals surface area contributed by atoms with Crippen LogP contribution in [0.4, 0.5) is 0 Å². The van der Waals surface area contributed by atoms with Gasteiger partial charge in [-0.1, -0.05) is 48.0 Å². The third-order valence-corrected chi connectivity index (χ3v) is 6.25. The molecular weight excluding hydrogens is 428 g/mol. The molecule has 1 aromatic rings. The number of amides is 1. The van der Waals surface area contributed by atoms with Crippen molar-refractivity contribution in [2.45, 2.75) is 65.7 Å². The molecule has 1 atom stereocenters. The second kappa shape index (κ2) is 13.1. The zero-order valence-electron chi connectivity index (χ0n) is 20.8. The number of piperidine rings is 1. The Kier molecular flexibility index (Phi) is 9.92. The highest BCUT2D eigenvalue weighted by atomic mass is 16.6. The van der Waals surface area contributed by atoms with Gasteiger partial charge in [0.05, 0.1) is 17.9 Å². The first-order chi connectivity index (χ1) is 16.4. The van der Waals surface area contributed by atoms with E-state index in [4.69, 9.17) is 9.57 Å². The van der Waals surface area contributed by atoms with Gasteiger partial charge in [-0.15, -0.1) is 0 Å². The van der Waals surface area contributed by atoms with E-state index < -0.39 is 0 Å². The minimum atomic E-state index is -0.302. The third kappa shape index (κ3) is 7.86. The molecule has 0 aromatic heterocycles. The van der Waals surface area contributed by atoms with Gasteiger partial charge in [-0.05, 0) is 75.5 Å². The van der Waals surface area contributed by atoms with Gasteiger partial charge in [-0.2, -0.15) is 0 Å². The van der Waals surface area contributed by atoms with Crippen molar-refractivity contribution in [2.24, 2.45) is 11.1 Å². The first-order valence-electron chi connectivity index (χ1n) is 12.5. The molecule has 0 saturated carbocycles. The van der Waals surface area contributed by atoms with Crippen LogP contribution in [0.15, 0.2) is 41.6 Å². The fraction of sp³-hybridized carbons (Fsp3) is 0.536. The number of hydrogen-bond donors (Lipinski definition) is 0. The number of cyclic esters (lactones) is 1. The molecule has 0 aliphatic carbocycles. The summed E-state index contributed by atoms with van der Waals surface area (Å²) < 4.78 is 5.59. The van der Waals surface area contributed by atoms with Gasteiger partial charge < -0.3 is 14.5 Å². The van der Waals surface area contributed by atoms with E-state index in [-0.39, 0.29) is 18.5 Å². The van der Waals surface area contributed by atoms with Crippen LogP contribution in [-0.2, 0) is 20.8 Å². The summed E-state index contributed by atoms with van der Waals surface area (Å²) in [4.78, 5) is 32.8. The maximum Gasteiger partial charge on any atom is 0.338 e. The molecule has 2 aliphatic rings. The molecule has 2 heterocycles. The summed E-state index contributed by atoms with van der Waals surface area (Å²) in [6.07, 6.45) is 14.6. The van der Waals surface area contributed by atoms with E-state index in [1.54, 1.807) is 0 Å². The van der Waals surface area contributed by atoms with Gasteiger partial charge >= 0.3 is 5.97 Å². The van der Waals surface area contributed by atoms with Gasteiger partial charge in [-0.25, -0.2) is 4.79 Å². The predicted octanol–water partition coefficient (Wildman–Crippen LogP) is 5.32. The fourth-order valence-corrected chi connectivity index (χ4v) is 4.47. The number of carbonyl (C=O) groups is 2. The number of hydrogen-bond acceptors (Lipinski definition) is 5. The largest absolute Gasteiger partial charge is 0.462 e. The second-order valence-electron chi connectivity index (χ2n) is 9.41. The van der Waals surface area contributed by atoms with E-state index in [0.29, 0.717) is 30.2 Å². The molecule has 6 nitrogen and oxygen atoms in total. The molecule has 1 unspecified atom stereocenters. The van der Waals surface area contributed by atoms with Crippen LogP contribution in [-0.4, -0.2) is 48.8 Å². The maximum atomic E-state index is 12.9. The van der Waals surface area contributed by atoms with Crippen molar-refractivity contribution in [3.63, 3.8) is 0 Å². The molecule has 0 spiro atoms. The van der Waals surface area contributed by atoms with Crippen molar-refractivity contribution in [2.75, 3.05) is 26.3 Å². The predicted molar refractivity (Wildman–Crippen MR) is 135 cm³/mol. The van der Waals surface area contributed by atoms with Crippen LogP contribution in [0.1, 0.15) is 72.5 Å². The van der Waals surface area contributed by atoms with Crippen LogP contribution >= 0.6 is 0 Å². The van der Waals surface area contributed by atoms with Crippen LogP contribution in [0.3, 0.4) is 0 Å². The van der Waals surface area contributed by atoms with Gasteiger partial charge in [0.25, 0.3) is 5.91 Å². The monoisotopic (exact) mass is 466 g/mol. The maximum absolute atomic E-state index is 12.9. The van der Waals surface area contributed by atoms with Gasteiger partial charge in [0, 0.05) is 19.5 Å². The van der Waals surface area contributed by atoms with Crippen molar-refractivity contribution in [3.8, 4) is 0 Å². The number of benzene rings is 1. The Morgan fingerprint density at radius 2 is 1.94 bits per heavy atom. The first-order valence-corrected chi connectivity index (χ1v) is 12.5. The Labute approximate surface area is 203 Å². The van der Waals surface area contributed by atoms with Crippen molar-refractivity contribution < 1.29 is 19.2 Å². The van der Waals surface area contributed by atoms with E-state index in [1.165, 1.54) is 6.42 Å². The normalized spacial score (nSPS) is 23.3. The van der Waals surface area contributed by atoms with Crippen molar-refractivity contribution in [1.29, 1.82) is 0 Å². The van der Waals surface area contributed by atoms with E-state index in [0.717, 1.165) is 61.9 Å². The molecule has 1 fully saturated rings. The molecule has 184 valence electrons. The highest BCUT2D eigenvalue weighted by Crippen LogP contribution is 2.21. The number of nitrogens with zero attached hydrogens (tertiary/aromatic N) is 2. The number of ether oxygens (including phenoxy) is 1. The number of fused-ring (bicyclic) bond motifs is 1. The molecule has 1 aromatic carbocycles. The molecule has 1 amide bonds. The molecular formula is C28H38N2O4. The quantitative estimate of drug-likeness (QED) is 0.343. The first kappa shape index (κ1) is 25.7. The summed E-state index contributed by atoms with van der Waals surface area (Å²) in [6, 6.07) is 4.01. The molecule has 0 radical (unpaired) electrons. The number of aryl methyl sites for hydroxylation is 2. The number of allylic oxidation sites excluding steroid dienone is 4. The average Bonchev–Trinajstić information content (AvgIpc) is 2.81. The number of esters is 1. The van der Waals surface area contributed by atoms with Crippen LogP contribution in [0.25, 0.3) is 0 Å². The summed E-state index contributed by atoms with van der Waals surface area (Å²) in [5.74, 6) is 0.0624. The SMILES string of the molecule is Cc1cc(C)c2c(c1)CC(=N/OCC(=O)N1CCCCC1)/C=C/CC(C)/C=C/CCCOC2=O. The lowest BCUT2D eigenvalue weighted by molar-refractivity contribution is -0.137. The molecule has 34 heavy (non-hydrogen) atoms. The smallest absolute Gasteiger partial charge is 0.338 e. The standard InChI is InChI=1S/C28H38N2O4/c1-21-11-6-4-9-16-33-28(32)27-23(3)17-22(2)18-24(27)19-25(13-10-12-21)29-34-20-26(31)30-14-7-5-8-15-30/h6,10-11,13,17-18,21H,4-5,7-9,12,14-16,19-20H2,1-3H3/b11-6+,13-10+,29-25+. The lowest BCUT2D eigenvalue weighted by Crippen LogP contribution is -2.37. The molecule has 0 bridgehead atoms. The Bertz CT molecular complexity index is 942. The summed E-state index contributed by atoms with van der Waals surface area (Å²) in [6.45, 7) is 8.03. The van der Waals surface area contributed by atoms with Crippen LogP contribution in [0.5, 0.6) is 0 Å². The zero-order valence-corrected chi connectivity index (χ0v) is 20.8. The number of oxime groups is 1. The minimum absolute atomic E-state index is 0.0282. The van der Waals surface area contributed by atoms with E-state index in [1.807, 2.05) is 37.0 Å². The van der Waals surface area contributed by atoms with Gasteiger partial charge in [0.2, 0.25) is 0 Å². The molecule has 3 rings (SSSR count). The second-order valence-corrected chi connectivity index (χ2v) is 9.41. The van der Waals surface area contributed by atoms with E-state index in [9.17, 15) is 9.59 Å². The highest BCUT2D eigenvalue weighted by Gasteiger charge is 2.19. The molecule has 2 aliphatic heterocycles. The average molecular weight is 467 g/mol. The molecule has 1 saturated heterocycles. The van der Waals surface area contributed by atoms with Crippen LogP contribution in [0, 0.1) is 19.8 Å². The highest BCUT2D eigenvalue weighted by molar-refractivity contribution is 6.00. The van der Waals surface area contributed by atoms with Crippen LogP contribution in [0.2, 0.25) is 0 Å². The Morgan fingerprint density at radius 1 is 1.15 bits per heavy atom. The summed E-state index contributed by atoms with van der Waals surface area (Å²) in [5, 5.41) is 4.33. The Balaban J connectivity index is 1.83. The van der Waals surface area contributed by atoms with Crippen LogP contribution < -0.4 is 0 Å². The minimum Gasteiger partial charge on any atom is -0.462 e. The van der Waals surface area contributed by atoms with Gasteiger partial charge in [-0.3, -0.25) is 4.79 Å². The fourth-order valence-electron chi connectivity index (χ4n) is 4.47. The van der Waals surface area contributed by atoms with Crippen molar-refractivity contribution in [1.82, 2.24) is 4.90 Å². The number of likely N-dealkylation sites (tertiary alicyclic amines) is 1. The Morgan fingerprint density at radius 3 is 2.74 bits per heavy atom. The van der Waals surface area contributed by atoms with Gasteiger partial charge in [0.1, 0.15) is 0 Å². The van der Waals surface area contributed by atoms with Crippen molar-refractivity contribution >= 4 is 17.6 Å². The summed E-state index contributed by atoms with van der Waals surface area (Å²) >= 11 is 0. The number of carbonyl (C=O) groups excluding carboxylic acids is 2. The van der Waals surface area contributed by atoms with E-state index in [2.05, 4.69) is 30.3 Å². The van der Waals surface area contributed by atoms with Crippen molar-refractivity contribution in [3.05, 3.63) is 58.7 Å². The van der Waals surface area contributed by atoms with E-state index >= 15 is 0 Å². The number of rotatable bonds is 3.